The molecule has 0 spiro atoms. The second kappa shape index (κ2) is 11.2. The normalized spacial score (nSPS) is 15.2. The Morgan fingerprint density at radius 2 is 1.76 bits per heavy atom. The number of aliphatic carboxylic acids is 1. The van der Waals surface area contributed by atoms with Crippen LogP contribution in [0.15, 0.2) is 77.8 Å². The fourth-order valence-corrected chi connectivity index (χ4v) is 4.99. The van der Waals surface area contributed by atoms with E-state index in [2.05, 4.69) is 29.3 Å². The number of nitrogens with zero attached hydrogens (tertiary/aromatic N) is 2. The Morgan fingerprint density at radius 3 is 2.54 bits per heavy atom. The van der Waals surface area contributed by atoms with Crippen LogP contribution in [-0.4, -0.2) is 29.8 Å². The first-order valence-electron chi connectivity index (χ1n) is 12.8. The molecule has 3 aromatic rings. The molecule has 1 amide bonds. The minimum Gasteiger partial charge on any atom is -0.486 e. The quantitative estimate of drug-likeness (QED) is 0.373. The number of aliphatic imine (C=N–C) groups is 1. The van der Waals surface area contributed by atoms with Crippen molar-refractivity contribution < 1.29 is 19.4 Å². The van der Waals surface area contributed by atoms with Crippen LogP contribution < -0.4 is 9.64 Å². The van der Waals surface area contributed by atoms with Crippen molar-refractivity contribution in [2.75, 3.05) is 11.5 Å². The summed E-state index contributed by atoms with van der Waals surface area (Å²) < 4.78 is 5.70. The lowest BCUT2D eigenvalue weighted by molar-refractivity contribution is -0.131. The highest BCUT2D eigenvalue weighted by atomic mass is 16.5. The first kappa shape index (κ1) is 24.5. The minimum atomic E-state index is -1.00. The lowest BCUT2D eigenvalue weighted by Gasteiger charge is -2.30. The molecule has 6 nitrogen and oxygen atoms in total. The summed E-state index contributed by atoms with van der Waals surface area (Å²) in [5, 5.41) is 9.01. The van der Waals surface area contributed by atoms with E-state index >= 15 is 0 Å². The number of hydrogen-bond donors (Lipinski definition) is 1. The van der Waals surface area contributed by atoms with Gasteiger partial charge in [0.25, 0.3) is 0 Å². The van der Waals surface area contributed by atoms with Gasteiger partial charge in [0.15, 0.2) is 0 Å². The fraction of sp³-hybridized carbons (Fsp3) is 0.258. The summed E-state index contributed by atoms with van der Waals surface area (Å²) in [6.45, 7) is 0.928. The van der Waals surface area contributed by atoms with E-state index in [1.54, 1.807) is 12.3 Å². The summed E-state index contributed by atoms with van der Waals surface area (Å²) >= 11 is 0. The number of fused-ring (bicyclic) bond motifs is 1. The first-order chi connectivity index (χ1) is 18.1. The van der Waals surface area contributed by atoms with Crippen molar-refractivity contribution in [3.8, 4) is 16.9 Å². The van der Waals surface area contributed by atoms with E-state index in [4.69, 9.17) is 9.84 Å². The molecule has 0 radical (unpaired) electrons. The molecule has 1 heterocycles. The summed E-state index contributed by atoms with van der Waals surface area (Å²) in [4.78, 5) is 30.9. The minimum absolute atomic E-state index is 0.0180. The van der Waals surface area contributed by atoms with Gasteiger partial charge in [0.05, 0.1) is 6.54 Å². The van der Waals surface area contributed by atoms with Gasteiger partial charge in [-0.2, -0.15) is 0 Å². The molecule has 0 bridgehead atoms. The number of carbonyl (C=O) groups excluding carboxylic acids is 1. The van der Waals surface area contributed by atoms with Crippen LogP contribution in [0.1, 0.15) is 43.2 Å². The van der Waals surface area contributed by atoms with Gasteiger partial charge < -0.3 is 14.7 Å². The van der Waals surface area contributed by atoms with E-state index in [9.17, 15) is 9.59 Å². The van der Waals surface area contributed by atoms with E-state index in [0.29, 0.717) is 13.2 Å². The average molecular weight is 495 g/mol. The van der Waals surface area contributed by atoms with Gasteiger partial charge in [-0.25, -0.2) is 4.79 Å². The van der Waals surface area contributed by atoms with Gasteiger partial charge >= 0.3 is 5.97 Å². The number of anilines is 1. The van der Waals surface area contributed by atoms with E-state index in [1.165, 1.54) is 6.42 Å². The molecule has 37 heavy (non-hydrogen) atoms. The van der Waals surface area contributed by atoms with Crippen molar-refractivity contribution in [3.63, 3.8) is 0 Å². The summed E-state index contributed by atoms with van der Waals surface area (Å²) in [6.07, 6.45) is 9.59. The molecule has 0 aromatic heterocycles. The fourth-order valence-electron chi connectivity index (χ4n) is 4.99. The molecule has 0 unspecified atom stereocenters. The van der Waals surface area contributed by atoms with Crippen LogP contribution in [0.2, 0.25) is 0 Å². The number of ether oxygens (including phenoxy) is 1. The van der Waals surface area contributed by atoms with Crippen molar-refractivity contribution in [1.82, 2.24) is 0 Å². The van der Waals surface area contributed by atoms with Gasteiger partial charge in [0, 0.05) is 23.9 Å². The van der Waals surface area contributed by atoms with Crippen molar-refractivity contribution in [2.45, 2.75) is 38.6 Å². The lowest BCUT2D eigenvalue weighted by Crippen LogP contribution is -2.36. The second-order valence-electron chi connectivity index (χ2n) is 9.53. The zero-order valence-electron chi connectivity index (χ0n) is 20.7. The van der Waals surface area contributed by atoms with Crippen LogP contribution in [0.25, 0.3) is 17.2 Å². The smallest absolute Gasteiger partial charge is 0.328 e. The van der Waals surface area contributed by atoms with Gasteiger partial charge in [0.1, 0.15) is 18.0 Å². The van der Waals surface area contributed by atoms with Crippen molar-refractivity contribution >= 4 is 35.5 Å². The highest BCUT2D eigenvalue weighted by Crippen LogP contribution is 2.35. The van der Waals surface area contributed by atoms with Crippen LogP contribution in [0, 0.1) is 5.92 Å². The molecule has 2 aliphatic rings. The number of carboxylic acids is 1. The Hall–Kier alpha value is -4.19. The van der Waals surface area contributed by atoms with E-state index in [0.717, 1.165) is 71.1 Å². The summed E-state index contributed by atoms with van der Waals surface area (Å²) in [5.74, 6) is -0.0658. The predicted molar refractivity (Wildman–Crippen MR) is 146 cm³/mol. The molecule has 1 saturated carbocycles. The maximum atomic E-state index is 13.7. The van der Waals surface area contributed by atoms with Crippen LogP contribution in [0.3, 0.4) is 0 Å². The third kappa shape index (κ3) is 5.97. The molecule has 5 rings (SSSR count). The predicted octanol–water partition coefficient (Wildman–Crippen LogP) is 6.66. The van der Waals surface area contributed by atoms with Crippen LogP contribution in [0.5, 0.6) is 5.75 Å². The van der Waals surface area contributed by atoms with Gasteiger partial charge in [-0.15, -0.1) is 0 Å². The number of benzene rings is 3. The van der Waals surface area contributed by atoms with E-state index < -0.39 is 5.97 Å². The summed E-state index contributed by atoms with van der Waals surface area (Å²) in [6, 6.07) is 21.8. The molecule has 188 valence electrons. The Morgan fingerprint density at radius 1 is 0.973 bits per heavy atom. The van der Waals surface area contributed by atoms with Crippen LogP contribution in [0.4, 0.5) is 11.4 Å². The zero-order chi connectivity index (χ0) is 25.6. The molecule has 1 N–H and O–H groups in total. The third-order valence-electron chi connectivity index (χ3n) is 6.95. The van der Waals surface area contributed by atoms with Crippen LogP contribution in [-0.2, 0) is 16.1 Å². The highest BCUT2D eigenvalue weighted by Gasteiger charge is 2.27. The largest absolute Gasteiger partial charge is 0.486 e. The van der Waals surface area contributed by atoms with Gasteiger partial charge in [-0.1, -0.05) is 61.7 Å². The maximum Gasteiger partial charge on any atom is 0.328 e. The Bertz CT molecular complexity index is 1340. The first-order valence-corrected chi connectivity index (χ1v) is 12.8. The Balaban J connectivity index is 1.40. The molecule has 0 atom stereocenters. The second-order valence-corrected chi connectivity index (χ2v) is 9.53. The summed E-state index contributed by atoms with van der Waals surface area (Å²) in [5.41, 5.74) is 5.50. The highest BCUT2D eigenvalue weighted by molar-refractivity contribution is 5.95. The number of amides is 1. The average Bonchev–Trinajstić information content (AvgIpc) is 2.95. The number of rotatable bonds is 7. The van der Waals surface area contributed by atoms with Gasteiger partial charge in [-0.3, -0.25) is 9.79 Å². The SMILES string of the molecule is O=C(O)C=Cc1cccc(N(Cc2ccc(-c3ccc4c(c3)OCC=N4)cc2)C(=O)C2CCCCC2)c1. The molecular formula is C31H30N2O4. The monoisotopic (exact) mass is 494 g/mol. The molecule has 3 aromatic carbocycles. The number of carboxylic acid groups (broad SMARTS) is 1. The van der Waals surface area contributed by atoms with E-state index in [-0.39, 0.29) is 11.8 Å². The molecule has 0 saturated heterocycles. The van der Waals surface area contributed by atoms with Gasteiger partial charge in [0.2, 0.25) is 5.91 Å². The van der Waals surface area contributed by atoms with Crippen molar-refractivity contribution in [3.05, 3.63) is 83.9 Å². The maximum absolute atomic E-state index is 13.7. The Labute approximate surface area is 216 Å². The summed E-state index contributed by atoms with van der Waals surface area (Å²) in [7, 11) is 0. The van der Waals surface area contributed by atoms with Crippen molar-refractivity contribution in [2.24, 2.45) is 10.9 Å². The zero-order valence-corrected chi connectivity index (χ0v) is 20.7. The van der Waals surface area contributed by atoms with Crippen molar-refractivity contribution in [1.29, 1.82) is 0 Å². The molecule has 1 aliphatic carbocycles. The lowest BCUT2D eigenvalue weighted by atomic mass is 9.88. The standard InChI is InChI=1S/C31H30N2O4/c34-30(35)16-11-22-5-4-8-27(19-22)33(31(36)25-6-2-1-3-7-25)21-23-9-12-24(13-10-23)26-14-15-28-29(20-26)37-18-17-32-28/h4-5,8-17,19-20,25H,1-3,6-7,18,21H2,(H,34,35). The van der Waals surface area contributed by atoms with Crippen LogP contribution >= 0.6 is 0 Å². The topological polar surface area (TPSA) is 79.2 Å². The third-order valence-corrected chi connectivity index (χ3v) is 6.95. The molecule has 1 aliphatic heterocycles. The Kier molecular flexibility index (Phi) is 7.45. The molecule has 1 fully saturated rings. The number of hydrogen-bond acceptors (Lipinski definition) is 4. The van der Waals surface area contributed by atoms with E-state index in [1.807, 2.05) is 47.4 Å². The molecule has 6 heteroatoms. The molecular weight excluding hydrogens is 464 g/mol. The number of carbonyl (C=O) groups is 2. The van der Waals surface area contributed by atoms with Gasteiger partial charge in [-0.05, 0) is 65.4 Å².